The number of amides is 1. The number of benzene rings is 2. The molecule has 22 heavy (non-hydrogen) atoms. The van der Waals surface area contributed by atoms with Crippen LogP contribution in [0.5, 0.6) is 0 Å². The first-order valence-corrected chi connectivity index (χ1v) is 7.43. The molecule has 2 aromatic rings. The van der Waals surface area contributed by atoms with E-state index in [0.29, 0.717) is 16.1 Å². The van der Waals surface area contributed by atoms with E-state index in [1.807, 2.05) is 0 Å². The molecule has 0 aromatic heterocycles. The lowest BCUT2D eigenvalue weighted by molar-refractivity contribution is -0.114. The summed E-state index contributed by atoms with van der Waals surface area (Å²) in [5, 5.41) is 2.61. The Morgan fingerprint density at radius 1 is 1.05 bits per heavy atom. The summed E-state index contributed by atoms with van der Waals surface area (Å²) < 4.78 is 25.9. The normalized spacial score (nSPS) is 10.3. The van der Waals surface area contributed by atoms with Crippen molar-refractivity contribution in [2.75, 3.05) is 11.1 Å². The Labute approximate surface area is 130 Å². The predicted octanol–water partition coefficient (Wildman–Crippen LogP) is 3.90. The quantitative estimate of drug-likeness (QED) is 0.671. The molecule has 0 fully saturated rings. The van der Waals surface area contributed by atoms with Crippen LogP contribution >= 0.6 is 11.8 Å². The van der Waals surface area contributed by atoms with Gasteiger partial charge in [-0.3, -0.25) is 9.59 Å². The number of thioether (sulfide) groups is 1. The van der Waals surface area contributed by atoms with E-state index in [4.69, 9.17) is 0 Å². The average Bonchev–Trinajstić information content (AvgIpc) is 2.48. The summed E-state index contributed by atoms with van der Waals surface area (Å²) in [6, 6.07) is 10.0. The third kappa shape index (κ3) is 4.39. The van der Waals surface area contributed by atoms with Gasteiger partial charge in [0.25, 0.3) is 0 Å². The molecular formula is C16H13F2NO2S. The molecule has 0 saturated heterocycles. The van der Waals surface area contributed by atoms with E-state index < -0.39 is 11.6 Å². The molecule has 3 nitrogen and oxygen atoms in total. The highest BCUT2D eigenvalue weighted by Crippen LogP contribution is 2.22. The van der Waals surface area contributed by atoms with E-state index >= 15 is 0 Å². The molecule has 0 aliphatic rings. The molecule has 2 aromatic carbocycles. The largest absolute Gasteiger partial charge is 0.326 e. The van der Waals surface area contributed by atoms with E-state index in [-0.39, 0.29) is 17.4 Å². The van der Waals surface area contributed by atoms with Crippen LogP contribution in [0.3, 0.4) is 0 Å². The van der Waals surface area contributed by atoms with Gasteiger partial charge in [0.1, 0.15) is 0 Å². The smallest absolute Gasteiger partial charge is 0.221 e. The topological polar surface area (TPSA) is 46.2 Å². The van der Waals surface area contributed by atoms with Gasteiger partial charge in [0.05, 0.1) is 5.75 Å². The lowest BCUT2D eigenvalue weighted by Crippen LogP contribution is -2.07. The zero-order valence-electron chi connectivity index (χ0n) is 11.7. The number of ketones is 1. The second-order valence-corrected chi connectivity index (χ2v) is 5.60. The predicted molar refractivity (Wildman–Crippen MR) is 82.2 cm³/mol. The minimum Gasteiger partial charge on any atom is -0.326 e. The number of carbonyl (C=O) groups is 2. The highest BCUT2D eigenvalue weighted by molar-refractivity contribution is 8.00. The monoisotopic (exact) mass is 321 g/mol. The van der Waals surface area contributed by atoms with Gasteiger partial charge in [0.15, 0.2) is 17.4 Å². The maximum absolute atomic E-state index is 13.1. The van der Waals surface area contributed by atoms with E-state index in [0.717, 1.165) is 23.9 Å². The summed E-state index contributed by atoms with van der Waals surface area (Å²) in [5.41, 5.74) is 1.10. The summed E-state index contributed by atoms with van der Waals surface area (Å²) in [7, 11) is 0. The first-order valence-electron chi connectivity index (χ1n) is 6.44. The van der Waals surface area contributed by atoms with Crippen molar-refractivity contribution in [3.05, 3.63) is 59.7 Å². The van der Waals surface area contributed by atoms with Crippen LogP contribution in [0.25, 0.3) is 0 Å². The Morgan fingerprint density at radius 3 is 2.32 bits per heavy atom. The van der Waals surface area contributed by atoms with Crippen molar-refractivity contribution in [2.24, 2.45) is 0 Å². The maximum atomic E-state index is 13.1. The molecule has 0 saturated carbocycles. The van der Waals surface area contributed by atoms with Crippen LogP contribution in [0, 0.1) is 11.6 Å². The Balaban J connectivity index is 1.96. The standard InChI is InChI=1S/C16H13F2NO2S/c1-10(20)19-12-4-2-11(3-5-12)16(21)9-22-13-6-7-14(17)15(18)8-13/h2-8H,9H2,1H3,(H,19,20). The van der Waals surface area contributed by atoms with Gasteiger partial charge in [-0.25, -0.2) is 8.78 Å². The van der Waals surface area contributed by atoms with E-state index in [1.54, 1.807) is 24.3 Å². The fourth-order valence-electron chi connectivity index (χ4n) is 1.74. The molecule has 114 valence electrons. The highest BCUT2D eigenvalue weighted by Gasteiger charge is 2.09. The molecule has 2 rings (SSSR count). The van der Waals surface area contributed by atoms with Crippen molar-refractivity contribution in [3.63, 3.8) is 0 Å². The van der Waals surface area contributed by atoms with Gasteiger partial charge in [0.2, 0.25) is 5.91 Å². The minimum atomic E-state index is -0.933. The number of hydrogen-bond donors (Lipinski definition) is 1. The van der Waals surface area contributed by atoms with Crippen molar-refractivity contribution >= 4 is 29.1 Å². The van der Waals surface area contributed by atoms with Crippen LogP contribution in [0.4, 0.5) is 14.5 Å². The second kappa shape index (κ2) is 7.17. The van der Waals surface area contributed by atoms with E-state index in [1.165, 1.54) is 13.0 Å². The summed E-state index contributed by atoms with van der Waals surface area (Å²) in [6.07, 6.45) is 0. The number of halogens is 2. The SMILES string of the molecule is CC(=O)Nc1ccc(C(=O)CSc2ccc(F)c(F)c2)cc1. The van der Waals surface area contributed by atoms with Gasteiger partial charge in [-0.15, -0.1) is 11.8 Å². The minimum absolute atomic E-state index is 0.116. The number of hydrogen-bond acceptors (Lipinski definition) is 3. The van der Waals surface area contributed by atoms with E-state index in [2.05, 4.69) is 5.32 Å². The van der Waals surface area contributed by atoms with Crippen molar-refractivity contribution < 1.29 is 18.4 Å². The molecule has 0 radical (unpaired) electrons. The second-order valence-electron chi connectivity index (χ2n) is 4.55. The summed E-state index contributed by atoms with van der Waals surface area (Å²) in [5.74, 6) is -2.05. The number of carbonyl (C=O) groups excluding carboxylic acids is 2. The van der Waals surface area contributed by atoms with E-state index in [9.17, 15) is 18.4 Å². The summed E-state index contributed by atoms with van der Waals surface area (Å²) >= 11 is 1.14. The lowest BCUT2D eigenvalue weighted by atomic mass is 10.1. The van der Waals surface area contributed by atoms with Gasteiger partial charge in [0, 0.05) is 23.1 Å². The van der Waals surface area contributed by atoms with Gasteiger partial charge in [-0.05, 0) is 42.5 Å². The molecule has 1 N–H and O–H groups in total. The number of anilines is 1. The Bertz CT molecular complexity index is 702. The molecule has 0 aliphatic heterocycles. The molecular weight excluding hydrogens is 308 g/mol. The summed E-state index contributed by atoms with van der Waals surface area (Å²) in [6.45, 7) is 1.40. The third-order valence-electron chi connectivity index (χ3n) is 2.79. The van der Waals surface area contributed by atoms with Crippen LogP contribution in [-0.4, -0.2) is 17.4 Å². The molecule has 0 spiro atoms. The fraction of sp³-hybridized carbons (Fsp3) is 0.125. The highest BCUT2D eigenvalue weighted by atomic mass is 32.2. The number of rotatable bonds is 5. The molecule has 0 unspecified atom stereocenters. The Morgan fingerprint density at radius 2 is 1.73 bits per heavy atom. The molecule has 0 atom stereocenters. The first-order chi connectivity index (χ1) is 10.5. The van der Waals surface area contributed by atoms with Crippen LogP contribution in [0.15, 0.2) is 47.4 Å². The lowest BCUT2D eigenvalue weighted by Gasteiger charge is -2.05. The van der Waals surface area contributed by atoms with Crippen molar-refractivity contribution in [3.8, 4) is 0 Å². The summed E-state index contributed by atoms with van der Waals surface area (Å²) in [4.78, 5) is 23.4. The molecule has 1 amide bonds. The first kappa shape index (κ1) is 16.2. The molecule has 6 heteroatoms. The maximum Gasteiger partial charge on any atom is 0.221 e. The number of Topliss-reactive ketones (excluding diaryl/α,β-unsaturated/α-hetero) is 1. The Hall–Kier alpha value is -2.21. The van der Waals surface area contributed by atoms with Gasteiger partial charge >= 0.3 is 0 Å². The Kier molecular flexibility index (Phi) is 5.27. The molecule has 0 aliphatic carbocycles. The van der Waals surface area contributed by atoms with Crippen LogP contribution in [0.2, 0.25) is 0 Å². The van der Waals surface area contributed by atoms with Gasteiger partial charge < -0.3 is 5.32 Å². The molecule has 0 heterocycles. The van der Waals surface area contributed by atoms with Crippen molar-refractivity contribution in [1.29, 1.82) is 0 Å². The van der Waals surface area contributed by atoms with Crippen molar-refractivity contribution in [1.82, 2.24) is 0 Å². The third-order valence-corrected chi connectivity index (χ3v) is 3.78. The zero-order chi connectivity index (χ0) is 16.1. The number of nitrogens with one attached hydrogen (secondary N) is 1. The molecule has 0 bridgehead atoms. The zero-order valence-corrected chi connectivity index (χ0v) is 12.5. The van der Waals surface area contributed by atoms with Gasteiger partial charge in [-0.2, -0.15) is 0 Å². The van der Waals surface area contributed by atoms with Crippen LogP contribution in [-0.2, 0) is 4.79 Å². The van der Waals surface area contributed by atoms with Crippen LogP contribution < -0.4 is 5.32 Å². The van der Waals surface area contributed by atoms with Crippen molar-refractivity contribution in [2.45, 2.75) is 11.8 Å². The fourth-order valence-corrected chi connectivity index (χ4v) is 2.56. The average molecular weight is 321 g/mol. The van der Waals surface area contributed by atoms with Gasteiger partial charge in [-0.1, -0.05) is 0 Å². The van der Waals surface area contributed by atoms with Crippen LogP contribution in [0.1, 0.15) is 17.3 Å².